The first-order chi connectivity index (χ1) is 8.98. The van der Waals surface area contributed by atoms with Gasteiger partial charge in [0, 0.05) is 6.20 Å². The van der Waals surface area contributed by atoms with Crippen LogP contribution < -0.4 is 4.74 Å². The van der Waals surface area contributed by atoms with E-state index in [0.29, 0.717) is 5.75 Å². The molecule has 0 fully saturated rings. The quantitative estimate of drug-likeness (QED) is 0.797. The number of rotatable bonds is 3. The van der Waals surface area contributed by atoms with Crippen molar-refractivity contribution in [3.63, 3.8) is 0 Å². The van der Waals surface area contributed by atoms with Crippen LogP contribution in [0, 0.1) is 0 Å². The second-order valence-corrected chi connectivity index (χ2v) is 3.59. The number of para-hydroxylation sites is 1. The number of ether oxygens (including phenoxy) is 1. The summed E-state index contributed by atoms with van der Waals surface area (Å²) >= 11 is 0. The van der Waals surface area contributed by atoms with Gasteiger partial charge in [-0.1, -0.05) is 18.2 Å². The Morgan fingerprint density at radius 2 is 1.74 bits per heavy atom. The van der Waals surface area contributed by atoms with Gasteiger partial charge in [0.2, 0.25) is 0 Å². The molecule has 3 nitrogen and oxygen atoms in total. The highest BCUT2D eigenvalue weighted by molar-refractivity contribution is 6.00. The number of carbonyl (C=O) groups excluding carboxylic acids is 1. The number of pyridine rings is 1. The van der Waals surface area contributed by atoms with Gasteiger partial charge in [-0.25, -0.2) is 4.98 Å². The molecule has 1 heterocycles. The fourth-order valence-corrected chi connectivity index (χ4v) is 1.39. The van der Waals surface area contributed by atoms with Crippen LogP contribution in [-0.4, -0.2) is 16.9 Å². The molecule has 0 radical (unpaired) electrons. The average molecular weight is 267 g/mol. The molecule has 0 aliphatic rings. The molecule has 0 aliphatic heterocycles. The summed E-state index contributed by atoms with van der Waals surface area (Å²) in [6, 6.07) is 10.8. The predicted molar refractivity (Wildman–Crippen MR) is 61.1 cm³/mol. The van der Waals surface area contributed by atoms with Gasteiger partial charge in [0.25, 0.3) is 5.78 Å². The Hall–Kier alpha value is -2.37. The van der Waals surface area contributed by atoms with Crippen molar-refractivity contribution in [3.8, 4) is 11.5 Å². The zero-order chi connectivity index (χ0) is 13.9. The molecule has 6 heteroatoms. The first kappa shape index (κ1) is 13.1. The molecule has 2 rings (SSSR count). The van der Waals surface area contributed by atoms with Gasteiger partial charge in [0.1, 0.15) is 5.75 Å². The van der Waals surface area contributed by atoms with E-state index in [-0.39, 0.29) is 5.75 Å². The van der Waals surface area contributed by atoms with Crippen molar-refractivity contribution in [3.05, 3.63) is 54.4 Å². The van der Waals surface area contributed by atoms with Crippen LogP contribution >= 0.6 is 0 Å². The fraction of sp³-hybridized carbons (Fsp3) is 0.0769. The number of aromatic nitrogens is 1. The topological polar surface area (TPSA) is 39.2 Å². The summed E-state index contributed by atoms with van der Waals surface area (Å²) in [6.45, 7) is 0. The highest BCUT2D eigenvalue weighted by atomic mass is 19.4. The molecule has 1 aromatic heterocycles. The van der Waals surface area contributed by atoms with Crippen LogP contribution in [0.1, 0.15) is 10.5 Å². The van der Waals surface area contributed by atoms with Gasteiger partial charge in [-0.2, -0.15) is 13.2 Å². The molecule has 0 amide bonds. The summed E-state index contributed by atoms with van der Waals surface area (Å²) in [6.07, 6.45) is -3.88. The SMILES string of the molecule is O=C(c1ncccc1Oc1ccccc1)C(F)(F)F. The summed E-state index contributed by atoms with van der Waals surface area (Å²) in [7, 11) is 0. The highest BCUT2D eigenvalue weighted by Gasteiger charge is 2.42. The van der Waals surface area contributed by atoms with Gasteiger partial charge in [-0.15, -0.1) is 0 Å². The number of nitrogens with zero attached hydrogens (tertiary/aromatic N) is 1. The molecule has 0 unspecified atom stereocenters. The van der Waals surface area contributed by atoms with E-state index in [9.17, 15) is 18.0 Å². The normalized spacial score (nSPS) is 11.1. The lowest BCUT2D eigenvalue weighted by atomic mass is 10.2. The Labute approximate surface area is 106 Å². The molecule has 19 heavy (non-hydrogen) atoms. The molecule has 0 N–H and O–H groups in total. The number of hydrogen-bond acceptors (Lipinski definition) is 3. The molecular weight excluding hydrogens is 259 g/mol. The second kappa shape index (κ2) is 5.09. The van der Waals surface area contributed by atoms with Crippen molar-refractivity contribution in [2.45, 2.75) is 6.18 Å². The highest BCUT2D eigenvalue weighted by Crippen LogP contribution is 2.29. The molecule has 98 valence electrons. The number of hydrogen-bond donors (Lipinski definition) is 0. The third-order valence-electron chi connectivity index (χ3n) is 2.21. The molecule has 1 aromatic carbocycles. The lowest BCUT2D eigenvalue weighted by Crippen LogP contribution is -2.24. The third kappa shape index (κ3) is 3.09. The van der Waals surface area contributed by atoms with Crippen LogP contribution in [0.2, 0.25) is 0 Å². The Balaban J connectivity index is 2.35. The monoisotopic (exact) mass is 267 g/mol. The minimum Gasteiger partial charge on any atom is -0.455 e. The standard InChI is InChI=1S/C13H8F3NO2/c14-13(15,16)12(18)11-10(7-4-8-17-11)19-9-5-2-1-3-6-9/h1-8H. The van der Waals surface area contributed by atoms with Crippen molar-refractivity contribution >= 4 is 5.78 Å². The Kier molecular flexibility index (Phi) is 3.50. The second-order valence-electron chi connectivity index (χ2n) is 3.59. The first-order valence-corrected chi connectivity index (χ1v) is 5.28. The zero-order valence-electron chi connectivity index (χ0n) is 9.52. The number of ketones is 1. The smallest absolute Gasteiger partial charge is 0.455 e. The summed E-state index contributed by atoms with van der Waals surface area (Å²) in [4.78, 5) is 14.7. The van der Waals surface area contributed by atoms with Crippen LogP contribution in [0.15, 0.2) is 48.7 Å². The van der Waals surface area contributed by atoms with Crippen molar-refractivity contribution < 1.29 is 22.7 Å². The number of Topliss-reactive ketones (excluding diaryl/α,β-unsaturated/α-hetero) is 1. The van der Waals surface area contributed by atoms with Crippen molar-refractivity contribution in [2.24, 2.45) is 0 Å². The Morgan fingerprint density at radius 1 is 1.05 bits per heavy atom. The van der Waals surface area contributed by atoms with Crippen LogP contribution in [0.25, 0.3) is 0 Å². The zero-order valence-corrected chi connectivity index (χ0v) is 9.52. The molecule has 0 saturated carbocycles. The van der Waals surface area contributed by atoms with E-state index in [1.165, 1.54) is 12.1 Å². The lowest BCUT2D eigenvalue weighted by molar-refractivity contribution is -0.0889. The van der Waals surface area contributed by atoms with Crippen LogP contribution in [0.5, 0.6) is 11.5 Å². The molecule has 2 aromatic rings. The maximum Gasteiger partial charge on any atom is 0.456 e. The van der Waals surface area contributed by atoms with Crippen molar-refractivity contribution in [2.75, 3.05) is 0 Å². The van der Waals surface area contributed by atoms with E-state index >= 15 is 0 Å². The van der Waals surface area contributed by atoms with E-state index in [4.69, 9.17) is 4.74 Å². The van der Waals surface area contributed by atoms with Gasteiger partial charge in [0.05, 0.1) is 0 Å². The minimum absolute atomic E-state index is 0.226. The molecular formula is C13H8F3NO2. The number of halogens is 3. The van der Waals surface area contributed by atoms with Gasteiger partial charge in [-0.05, 0) is 24.3 Å². The Morgan fingerprint density at radius 3 is 2.37 bits per heavy atom. The number of carbonyl (C=O) groups is 1. The van der Waals surface area contributed by atoms with Gasteiger partial charge < -0.3 is 4.74 Å². The van der Waals surface area contributed by atoms with Gasteiger partial charge >= 0.3 is 6.18 Å². The van der Waals surface area contributed by atoms with Gasteiger partial charge in [-0.3, -0.25) is 4.79 Å². The van der Waals surface area contributed by atoms with E-state index in [2.05, 4.69) is 4.98 Å². The maximum absolute atomic E-state index is 12.4. The molecule has 0 saturated heterocycles. The third-order valence-corrected chi connectivity index (χ3v) is 2.21. The largest absolute Gasteiger partial charge is 0.456 e. The Bertz CT molecular complexity index is 582. The molecule has 0 bridgehead atoms. The van der Waals surface area contributed by atoms with E-state index in [1.807, 2.05) is 0 Å². The van der Waals surface area contributed by atoms with Crippen molar-refractivity contribution in [1.29, 1.82) is 0 Å². The van der Waals surface area contributed by atoms with E-state index in [0.717, 1.165) is 6.20 Å². The summed E-state index contributed by atoms with van der Waals surface area (Å²) < 4.78 is 42.5. The molecule has 0 atom stereocenters. The maximum atomic E-state index is 12.4. The average Bonchev–Trinajstić information content (AvgIpc) is 2.39. The fourth-order valence-electron chi connectivity index (χ4n) is 1.39. The predicted octanol–water partition coefficient (Wildman–Crippen LogP) is 3.62. The molecule has 0 spiro atoms. The van der Waals surface area contributed by atoms with Gasteiger partial charge in [0.15, 0.2) is 11.4 Å². The van der Waals surface area contributed by atoms with E-state index in [1.54, 1.807) is 30.3 Å². The number of benzene rings is 1. The summed E-state index contributed by atoms with van der Waals surface area (Å²) in [5, 5.41) is 0. The lowest BCUT2D eigenvalue weighted by Gasteiger charge is -2.10. The van der Waals surface area contributed by atoms with Crippen LogP contribution in [0.4, 0.5) is 13.2 Å². The minimum atomic E-state index is -4.98. The summed E-state index contributed by atoms with van der Waals surface area (Å²) in [5.41, 5.74) is -0.751. The summed E-state index contributed by atoms with van der Waals surface area (Å²) in [5.74, 6) is -1.93. The van der Waals surface area contributed by atoms with Crippen LogP contribution in [-0.2, 0) is 0 Å². The molecule has 0 aliphatic carbocycles. The first-order valence-electron chi connectivity index (χ1n) is 5.28. The van der Waals surface area contributed by atoms with Crippen LogP contribution in [0.3, 0.4) is 0 Å². The van der Waals surface area contributed by atoms with E-state index < -0.39 is 17.7 Å². The number of alkyl halides is 3. The van der Waals surface area contributed by atoms with Crippen molar-refractivity contribution in [1.82, 2.24) is 4.98 Å².